The Morgan fingerprint density at radius 2 is 2.28 bits per heavy atom. The van der Waals surface area contributed by atoms with Crippen LogP contribution in [0.1, 0.15) is 11.9 Å². The lowest BCUT2D eigenvalue weighted by atomic mass is 10.1. The molecule has 1 heterocycles. The monoisotopic (exact) mass is 263 g/mol. The Morgan fingerprint density at radius 3 is 3.00 bits per heavy atom. The van der Waals surface area contributed by atoms with Crippen LogP contribution in [0.5, 0.6) is 5.75 Å². The maximum absolute atomic E-state index is 9.05. The van der Waals surface area contributed by atoms with Crippen LogP contribution in [-0.4, -0.2) is 23.8 Å². The molecule has 0 bridgehead atoms. The maximum atomic E-state index is 9.05. The molecule has 96 valence electrons. The van der Waals surface area contributed by atoms with Crippen molar-refractivity contribution in [1.82, 2.24) is 4.98 Å². The Balaban J connectivity index is 2.18. The lowest BCUT2D eigenvalue weighted by Crippen LogP contribution is -2.03. The van der Waals surface area contributed by atoms with Gasteiger partial charge in [-0.25, -0.2) is 4.98 Å². The van der Waals surface area contributed by atoms with Crippen molar-refractivity contribution < 1.29 is 9.84 Å². The second-order valence-corrected chi connectivity index (χ2v) is 5.29. The highest BCUT2D eigenvalue weighted by Gasteiger charge is 2.08. The fourth-order valence-electron chi connectivity index (χ4n) is 1.68. The molecule has 2 rings (SSSR count). The number of aliphatic hydroxyl groups excluding tert-OH is 1. The van der Waals surface area contributed by atoms with Crippen LogP contribution in [-0.2, 0) is 6.42 Å². The summed E-state index contributed by atoms with van der Waals surface area (Å²) in [6.45, 7) is 2.22. The zero-order valence-corrected chi connectivity index (χ0v) is 11.4. The first kappa shape index (κ1) is 13.1. The SMILES string of the molecule is COc1cccc(-c2csc(CC(C)CO)n2)c1. The van der Waals surface area contributed by atoms with E-state index in [0.29, 0.717) is 0 Å². The topological polar surface area (TPSA) is 42.4 Å². The summed E-state index contributed by atoms with van der Waals surface area (Å²) in [5, 5.41) is 12.2. The average molecular weight is 263 g/mol. The molecule has 0 fully saturated rings. The van der Waals surface area contributed by atoms with Crippen LogP contribution in [0.25, 0.3) is 11.3 Å². The number of aromatic nitrogens is 1. The van der Waals surface area contributed by atoms with E-state index in [1.807, 2.05) is 36.6 Å². The molecule has 2 aromatic rings. The molecule has 1 unspecified atom stereocenters. The Morgan fingerprint density at radius 1 is 1.44 bits per heavy atom. The first-order chi connectivity index (χ1) is 8.72. The fraction of sp³-hybridized carbons (Fsp3) is 0.357. The smallest absolute Gasteiger partial charge is 0.119 e. The van der Waals surface area contributed by atoms with E-state index in [-0.39, 0.29) is 12.5 Å². The van der Waals surface area contributed by atoms with Gasteiger partial charge in [-0.05, 0) is 18.1 Å². The van der Waals surface area contributed by atoms with Crippen molar-refractivity contribution in [2.45, 2.75) is 13.3 Å². The molecule has 1 aromatic carbocycles. The Hall–Kier alpha value is -1.39. The third kappa shape index (κ3) is 3.09. The normalized spacial score (nSPS) is 12.4. The zero-order valence-electron chi connectivity index (χ0n) is 10.6. The third-order valence-corrected chi connectivity index (χ3v) is 3.62. The van der Waals surface area contributed by atoms with Crippen LogP contribution >= 0.6 is 11.3 Å². The lowest BCUT2D eigenvalue weighted by molar-refractivity contribution is 0.237. The summed E-state index contributed by atoms with van der Waals surface area (Å²) in [6.07, 6.45) is 0.825. The molecule has 0 radical (unpaired) electrons. The van der Waals surface area contributed by atoms with Gasteiger partial charge < -0.3 is 9.84 Å². The number of methoxy groups -OCH3 is 1. The second kappa shape index (κ2) is 5.98. The van der Waals surface area contributed by atoms with Gasteiger partial charge in [0.25, 0.3) is 0 Å². The summed E-state index contributed by atoms with van der Waals surface area (Å²) in [5.41, 5.74) is 2.03. The van der Waals surface area contributed by atoms with Gasteiger partial charge in [0.1, 0.15) is 5.75 Å². The van der Waals surface area contributed by atoms with E-state index >= 15 is 0 Å². The first-order valence-corrected chi connectivity index (χ1v) is 6.80. The van der Waals surface area contributed by atoms with Crippen LogP contribution in [0.3, 0.4) is 0 Å². The largest absolute Gasteiger partial charge is 0.497 e. The Kier molecular flexibility index (Phi) is 4.33. The highest BCUT2D eigenvalue weighted by atomic mass is 32.1. The molecule has 0 spiro atoms. The van der Waals surface area contributed by atoms with Crippen LogP contribution in [0.15, 0.2) is 29.6 Å². The van der Waals surface area contributed by atoms with Crippen molar-refractivity contribution >= 4 is 11.3 Å². The van der Waals surface area contributed by atoms with Crippen LogP contribution < -0.4 is 4.74 Å². The van der Waals surface area contributed by atoms with Gasteiger partial charge in [0.15, 0.2) is 0 Å². The van der Waals surface area contributed by atoms with E-state index in [2.05, 4.69) is 4.98 Å². The summed E-state index contributed by atoms with van der Waals surface area (Å²) in [7, 11) is 1.66. The third-order valence-electron chi connectivity index (χ3n) is 2.75. The Bertz CT molecular complexity index is 510. The van der Waals surface area contributed by atoms with Crippen LogP contribution in [0.4, 0.5) is 0 Å². The predicted octanol–water partition coefficient (Wildman–Crippen LogP) is 2.99. The van der Waals surface area contributed by atoms with Crippen molar-refractivity contribution in [2.75, 3.05) is 13.7 Å². The highest BCUT2D eigenvalue weighted by Crippen LogP contribution is 2.26. The summed E-state index contributed by atoms with van der Waals surface area (Å²) >= 11 is 1.64. The zero-order chi connectivity index (χ0) is 13.0. The molecule has 4 heteroatoms. The number of aliphatic hydroxyl groups is 1. The Labute approximate surface area is 111 Å². The quantitative estimate of drug-likeness (QED) is 0.901. The second-order valence-electron chi connectivity index (χ2n) is 4.35. The molecule has 1 atom stereocenters. The van der Waals surface area contributed by atoms with E-state index in [4.69, 9.17) is 9.84 Å². The molecular formula is C14H17NO2S. The minimum absolute atomic E-state index is 0.202. The number of hydrogen-bond acceptors (Lipinski definition) is 4. The maximum Gasteiger partial charge on any atom is 0.119 e. The minimum Gasteiger partial charge on any atom is -0.497 e. The summed E-state index contributed by atoms with van der Waals surface area (Å²) in [5.74, 6) is 1.10. The number of nitrogens with zero attached hydrogens (tertiary/aromatic N) is 1. The van der Waals surface area contributed by atoms with Crippen molar-refractivity contribution in [1.29, 1.82) is 0 Å². The number of rotatable bonds is 5. The average Bonchev–Trinajstić information content (AvgIpc) is 2.87. The van der Waals surface area contributed by atoms with Gasteiger partial charge in [-0.1, -0.05) is 19.1 Å². The van der Waals surface area contributed by atoms with E-state index in [0.717, 1.165) is 28.4 Å². The summed E-state index contributed by atoms with van der Waals surface area (Å²) < 4.78 is 5.21. The highest BCUT2D eigenvalue weighted by molar-refractivity contribution is 7.09. The van der Waals surface area contributed by atoms with Gasteiger partial charge in [0, 0.05) is 24.0 Å². The molecule has 0 saturated carbocycles. The minimum atomic E-state index is 0.202. The summed E-state index contributed by atoms with van der Waals surface area (Å²) in [6, 6.07) is 7.89. The molecular weight excluding hydrogens is 246 g/mol. The van der Waals surface area contributed by atoms with Gasteiger partial charge in [-0.2, -0.15) is 0 Å². The van der Waals surface area contributed by atoms with E-state index in [1.54, 1.807) is 18.4 Å². The molecule has 0 aliphatic rings. The van der Waals surface area contributed by atoms with Crippen LogP contribution in [0.2, 0.25) is 0 Å². The van der Waals surface area contributed by atoms with Crippen molar-refractivity contribution in [2.24, 2.45) is 5.92 Å². The molecule has 0 aliphatic carbocycles. The fourth-order valence-corrected chi connectivity index (χ4v) is 2.65. The predicted molar refractivity (Wildman–Crippen MR) is 74.1 cm³/mol. The lowest BCUT2D eigenvalue weighted by Gasteiger charge is -2.03. The number of thiazole rings is 1. The standard InChI is InChI=1S/C14H17NO2S/c1-10(8-16)6-14-15-13(9-18-14)11-4-3-5-12(7-11)17-2/h3-5,7,9-10,16H,6,8H2,1-2H3. The molecule has 0 saturated heterocycles. The van der Waals surface area contributed by atoms with Gasteiger partial charge >= 0.3 is 0 Å². The van der Waals surface area contributed by atoms with Gasteiger partial charge in [0.05, 0.1) is 17.8 Å². The van der Waals surface area contributed by atoms with Gasteiger partial charge in [-0.15, -0.1) is 11.3 Å². The molecule has 0 aliphatic heterocycles. The first-order valence-electron chi connectivity index (χ1n) is 5.92. The summed E-state index contributed by atoms with van der Waals surface area (Å²) in [4.78, 5) is 4.60. The van der Waals surface area contributed by atoms with E-state index < -0.39 is 0 Å². The molecule has 0 amide bonds. The number of hydrogen-bond donors (Lipinski definition) is 1. The number of ether oxygens (including phenoxy) is 1. The van der Waals surface area contributed by atoms with E-state index in [1.165, 1.54) is 0 Å². The van der Waals surface area contributed by atoms with Crippen molar-refractivity contribution in [3.63, 3.8) is 0 Å². The van der Waals surface area contributed by atoms with E-state index in [9.17, 15) is 0 Å². The molecule has 18 heavy (non-hydrogen) atoms. The molecule has 3 nitrogen and oxygen atoms in total. The van der Waals surface area contributed by atoms with Gasteiger partial charge in [-0.3, -0.25) is 0 Å². The number of benzene rings is 1. The van der Waals surface area contributed by atoms with Crippen molar-refractivity contribution in [3.8, 4) is 17.0 Å². The molecule has 1 N–H and O–H groups in total. The van der Waals surface area contributed by atoms with Crippen molar-refractivity contribution in [3.05, 3.63) is 34.7 Å². The van der Waals surface area contributed by atoms with Crippen LogP contribution in [0, 0.1) is 5.92 Å². The molecule has 1 aromatic heterocycles. The van der Waals surface area contributed by atoms with Gasteiger partial charge in [0.2, 0.25) is 0 Å².